The SMILES string of the molecule is COCC(O)(CO)COC. The standard InChI is InChI=1S/C6H14O4/c1-9-4-6(8,3-7)5-10-2/h7-8H,3-5H2,1-2H3. The van der Waals surface area contributed by atoms with E-state index in [1.807, 2.05) is 0 Å². The van der Waals surface area contributed by atoms with Crippen LogP contribution in [0.1, 0.15) is 0 Å². The second-order valence-electron chi connectivity index (χ2n) is 2.25. The van der Waals surface area contributed by atoms with Crippen LogP contribution in [0.2, 0.25) is 0 Å². The lowest BCUT2D eigenvalue weighted by molar-refractivity contribution is -0.104. The van der Waals surface area contributed by atoms with Gasteiger partial charge in [-0.15, -0.1) is 0 Å². The van der Waals surface area contributed by atoms with Crippen molar-refractivity contribution in [2.75, 3.05) is 34.0 Å². The lowest BCUT2D eigenvalue weighted by Crippen LogP contribution is -2.42. The fourth-order valence-electron chi connectivity index (χ4n) is 0.670. The highest BCUT2D eigenvalue weighted by Gasteiger charge is 2.25. The normalized spacial score (nSPS) is 12.0. The van der Waals surface area contributed by atoms with Gasteiger partial charge in [-0.1, -0.05) is 0 Å². The van der Waals surface area contributed by atoms with E-state index in [1.165, 1.54) is 14.2 Å². The third-order valence-electron chi connectivity index (χ3n) is 1.12. The van der Waals surface area contributed by atoms with Crippen LogP contribution in [0.5, 0.6) is 0 Å². The number of rotatable bonds is 5. The topological polar surface area (TPSA) is 58.9 Å². The van der Waals surface area contributed by atoms with Crippen molar-refractivity contribution < 1.29 is 19.7 Å². The molecule has 0 saturated carbocycles. The van der Waals surface area contributed by atoms with Crippen LogP contribution in [0, 0.1) is 0 Å². The molecule has 0 heterocycles. The highest BCUT2D eigenvalue weighted by molar-refractivity contribution is 4.75. The number of hydrogen-bond acceptors (Lipinski definition) is 4. The molecule has 2 N–H and O–H groups in total. The highest BCUT2D eigenvalue weighted by Crippen LogP contribution is 2.03. The molecule has 0 amide bonds. The van der Waals surface area contributed by atoms with Gasteiger partial charge in [-0.2, -0.15) is 0 Å². The first-order chi connectivity index (χ1) is 4.68. The molecule has 0 aromatic heterocycles. The van der Waals surface area contributed by atoms with E-state index in [-0.39, 0.29) is 19.8 Å². The molecule has 0 aliphatic heterocycles. The average molecular weight is 150 g/mol. The van der Waals surface area contributed by atoms with Crippen LogP contribution in [0.4, 0.5) is 0 Å². The van der Waals surface area contributed by atoms with Crippen LogP contribution in [-0.4, -0.2) is 49.9 Å². The van der Waals surface area contributed by atoms with Gasteiger partial charge in [0.15, 0.2) is 0 Å². The van der Waals surface area contributed by atoms with Gasteiger partial charge in [-0.05, 0) is 0 Å². The molecule has 4 nitrogen and oxygen atoms in total. The van der Waals surface area contributed by atoms with Crippen molar-refractivity contribution in [2.24, 2.45) is 0 Å². The summed E-state index contributed by atoms with van der Waals surface area (Å²) >= 11 is 0. The van der Waals surface area contributed by atoms with Crippen LogP contribution in [0.3, 0.4) is 0 Å². The first-order valence-electron chi connectivity index (χ1n) is 2.99. The number of aliphatic hydroxyl groups excluding tert-OH is 1. The molecule has 0 aliphatic carbocycles. The van der Waals surface area contributed by atoms with Gasteiger partial charge in [-0.3, -0.25) is 0 Å². The molecule has 0 rings (SSSR count). The zero-order chi connectivity index (χ0) is 8.04. The predicted molar refractivity (Wildman–Crippen MR) is 35.8 cm³/mol. The summed E-state index contributed by atoms with van der Waals surface area (Å²) in [5.41, 5.74) is -1.25. The third kappa shape index (κ3) is 3.12. The first-order valence-corrected chi connectivity index (χ1v) is 2.99. The summed E-state index contributed by atoms with van der Waals surface area (Å²) in [6.07, 6.45) is 0. The number of ether oxygens (including phenoxy) is 2. The summed E-state index contributed by atoms with van der Waals surface area (Å²) in [6.45, 7) is -0.191. The zero-order valence-electron chi connectivity index (χ0n) is 6.33. The van der Waals surface area contributed by atoms with Gasteiger partial charge >= 0.3 is 0 Å². The molecule has 0 aromatic rings. The van der Waals surface area contributed by atoms with Crippen molar-refractivity contribution in [1.82, 2.24) is 0 Å². The van der Waals surface area contributed by atoms with E-state index in [0.717, 1.165) is 0 Å². The largest absolute Gasteiger partial charge is 0.393 e. The minimum Gasteiger partial charge on any atom is -0.393 e. The molecule has 0 aromatic carbocycles. The Morgan fingerprint density at radius 2 is 1.60 bits per heavy atom. The van der Waals surface area contributed by atoms with Crippen molar-refractivity contribution >= 4 is 0 Å². The summed E-state index contributed by atoms with van der Waals surface area (Å²) in [4.78, 5) is 0. The van der Waals surface area contributed by atoms with Gasteiger partial charge in [-0.25, -0.2) is 0 Å². The lowest BCUT2D eigenvalue weighted by atomic mass is 10.1. The van der Waals surface area contributed by atoms with Gasteiger partial charge in [0, 0.05) is 14.2 Å². The minimum atomic E-state index is -1.25. The monoisotopic (exact) mass is 150 g/mol. The Balaban J connectivity index is 3.69. The van der Waals surface area contributed by atoms with Crippen molar-refractivity contribution in [1.29, 1.82) is 0 Å². The molecule has 0 radical (unpaired) electrons. The van der Waals surface area contributed by atoms with E-state index in [4.69, 9.17) is 5.11 Å². The molecule has 62 valence electrons. The Bertz CT molecular complexity index is 77.8. The van der Waals surface area contributed by atoms with E-state index >= 15 is 0 Å². The molecule has 0 unspecified atom stereocenters. The molecule has 0 aliphatic rings. The third-order valence-corrected chi connectivity index (χ3v) is 1.12. The zero-order valence-corrected chi connectivity index (χ0v) is 6.33. The van der Waals surface area contributed by atoms with Crippen LogP contribution in [0.25, 0.3) is 0 Å². The lowest BCUT2D eigenvalue weighted by Gasteiger charge is -2.23. The van der Waals surface area contributed by atoms with Crippen molar-refractivity contribution in [3.8, 4) is 0 Å². The van der Waals surface area contributed by atoms with Gasteiger partial charge in [0.2, 0.25) is 0 Å². The molecule has 0 saturated heterocycles. The fraction of sp³-hybridized carbons (Fsp3) is 1.00. The van der Waals surface area contributed by atoms with Crippen molar-refractivity contribution in [2.45, 2.75) is 5.60 Å². The number of hydrogen-bond donors (Lipinski definition) is 2. The summed E-state index contributed by atoms with van der Waals surface area (Å²) in [5, 5.41) is 18.0. The molecule has 0 bridgehead atoms. The smallest absolute Gasteiger partial charge is 0.134 e. The minimum absolute atomic E-state index is 0.0807. The quantitative estimate of drug-likeness (QED) is 0.528. The average Bonchev–Trinajstić information content (AvgIpc) is 1.89. The van der Waals surface area contributed by atoms with Crippen LogP contribution in [-0.2, 0) is 9.47 Å². The van der Waals surface area contributed by atoms with Crippen LogP contribution < -0.4 is 0 Å². The maximum atomic E-state index is 9.32. The Morgan fingerprint density at radius 3 is 1.80 bits per heavy atom. The van der Waals surface area contributed by atoms with Gasteiger partial charge < -0.3 is 19.7 Å². The molecule has 10 heavy (non-hydrogen) atoms. The maximum Gasteiger partial charge on any atom is 0.134 e. The second-order valence-corrected chi connectivity index (χ2v) is 2.25. The molecule has 0 spiro atoms. The molecular formula is C6H14O4. The highest BCUT2D eigenvalue weighted by atomic mass is 16.5. The van der Waals surface area contributed by atoms with Gasteiger partial charge in [0.05, 0.1) is 19.8 Å². The molecular weight excluding hydrogens is 136 g/mol. The van der Waals surface area contributed by atoms with Crippen LogP contribution in [0.15, 0.2) is 0 Å². The Labute approximate surface area is 60.4 Å². The molecule has 0 atom stereocenters. The molecule has 4 heteroatoms. The Hall–Kier alpha value is -0.160. The van der Waals surface area contributed by atoms with Crippen molar-refractivity contribution in [3.63, 3.8) is 0 Å². The van der Waals surface area contributed by atoms with E-state index in [1.54, 1.807) is 0 Å². The van der Waals surface area contributed by atoms with Crippen molar-refractivity contribution in [3.05, 3.63) is 0 Å². The maximum absolute atomic E-state index is 9.32. The summed E-state index contributed by atoms with van der Waals surface area (Å²) < 4.78 is 9.32. The van der Waals surface area contributed by atoms with Gasteiger partial charge in [0.1, 0.15) is 5.60 Å². The Kier molecular flexibility index (Phi) is 4.55. The number of aliphatic hydroxyl groups is 2. The first kappa shape index (κ1) is 9.84. The summed E-state index contributed by atoms with van der Waals surface area (Å²) in [5.74, 6) is 0. The second kappa shape index (κ2) is 4.62. The van der Waals surface area contributed by atoms with E-state index in [0.29, 0.717) is 0 Å². The van der Waals surface area contributed by atoms with Gasteiger partial charge in [0.25, 0.3) is 0 Å². The van der Waals surface area contributed by atoms with E-state index in [9.17, 15) is 5.11 Å². The fourth-order valence-corrected chi connectivity index (χ4v) is 0.670. The Morgan fingerprint density at radius 1 is 1.20 bits per heavy atom. The predicted octanol–water partition coefficient (Wildman–Crippen LogP) is -0.997. The van der Waals surface area contributed by atoms with E-state index in [2.05, 4.69) is 9.47 Å². The summed E-state index contributed by atoms with van der Waals surface area (Å²) in [6, 6.07) is 0. The number of methoxy groups -OCH3 is 2. The molecule has 0 fully saturated rings. The van der Waals surface area contributed by atoms with E-state index < -0.39 is 5.60 Å². The van der Waals surface area contributed by atoms with Crippen LogP contribution >= 0.6 is 0 Å². The summed E-state index contributed by atoms with van der Waals surface area (Å²) in [7, 11) is 2.91.